The Hall–Kier alpha value is -1.12. The van der Waals surface area contributed by atoms with Crippen molar-refractivity contribution in [2.24, 2.45) is 0 Å². The lowest BCUT2D eigenvalue weighted by atomic mass is 10.2. The molecule has 0 amide bonds. The summed E-state index contributed by atoms with van der Waals surface area (Å²) in [6.45, 7) is 1.79. The van der Waals surface area contributed by atoms with E-state index < -0.39 is 25.9 Å². The second-order valence-electron chi connectivity index (χ2n) is 6.25. The monoisotopic (exact) mass is 359 g/mol. The third kappa shape index (κ3) is 3.25. The second-order valence-corrected chi connectivity index (χ2v) is 10.3. The van der Waals surface area contributed by atoms with Gasteiger partial charge in [0.25, 0.3) is 0 Å². The van der Waals surface area contributed by atoms with Crippen LogP contribution < -0.4 is 4.74 Å². The minimum atomic E-state index is -3.71. The van der Waals surface area contributed by atoms with E-state index in [4.69, 9.17) is 4.74 Å². The molecule has 2 fully saturated rings. The minimum absolute atomic E-state index is 0.0675. The van der Waals surface area contributed by atoms with Gasteiger partial charge in [0.05, 0.1) is 23.5 Å². The molecule has 1 unspecified atom stereocenters. The van der Waals surface area contributed by atoms with Crippen molar-refractivity contribution in [3.63, 3.8) is 0 Å². The van der Waals surface area contributed by atoms with E-state index in [1.807, 2.05) is 0 Å². The Morgan fingerprint density at radius 3 is 2.35 bits per heavy atom. The molecule has 0 aromatic heterocycles. The second kappa shape index (κ2) is 5.75. The SMILES string of the molecule is COc1ccc(S(=O)(=O)N(C2CC2)C2CCS(=O)(=O)C2)cc1C. The first-order valence-electron chi connectivity index (χ1n) is 7.63. The highest BCUT2D eigenvalue weighted by atomic mass is 32.2. The van der Waals surface area contributed by atoms with Crippen molar-refractivity contribution in [2.45, 2.75) is 43.2 Å². The fourth-order valence-corrected chi connectivity index (χ4v) is 6.92. The number of aryl methyl sites for hydroxylation is 1. The molecule has 128 valence electrons. The van der Waals surface area contributed by atoms with Gasteiger partial charge < -0.3 is 4.74 Å². The number of ether oxygens (including phenoxy) is 1. The van der Waals surface area contributed by atoms with Crippen molar-refractivity contribution >= 4 is 19.9 Å². The number of hydrogen-bond donors (Lipinski definition) is 0. The number of rotatable bonds is 5. The van der Waals surface area contributed by atoms with Crippen LogP contribution in [-0.4, -0.2) is 51.8 Å². The van der Waals surface area contributed by atoms with Crippen molar-refractivity contribution in [3.8, 4) is 5.75 Å². The third-order valence-corrected chi connectivity index (χ3v) is 8.17. The first kappa shape index (κ1) is 16.7. The predicted octanol–water partition coefficient (Wildman–Crippen LogP) is 1.34. The fourth-order valence-electron chi connectivity index (χ4n) is 3.13. The van der Waals surface area contributed by atoms with E-state index in [-0.39, 0.29) is 22.4 Å². The van der Waals surface area contributed by atoms with Crippen LogP contribution in [0.25, 0.3) is 0 Å². The van der Waals surface area contributed by atoms with E-state index in [1.165, 1.54) is 17.5 Å². The summed E-state index contributed by atoms with van der Waals surface area (Å²) in [4.78, 5) is 0.201. The lowest BCUT2D eigenvalue weighted by Gasteiger charge is -2.27. The van der Waals surface area contributed by atoms with Gasteiger partial charge in [-0.15, -0.1) is 0 Å². The van der Waals surface area contributed by atoms with Crippen LogP contribution in [0.1, 0.15) is 24.8 Å². The van der Waals surface area contributed by atoms with Crippen LogP contribution in [0.5, 0.6) is 5.75 Å². The Labute approximate surface area is 137 Å². The number of sulfonamides is 1. The molecule has 1 aliphatic heterocycles. The Balaban J connectivity index is 1.97. The van der Waals surface area contributed by atoms with Crippen LogP contribution >= 0.6 is 0 Å². The molecule has 0 bridgehead atoms. The molecule has 1 aromatic rings. The maximum absolute atomic E-state index is 13.1. The Morgan fingerprint density at radius 2 is 1.87 bits per heavy atom. The molecule has 3 rings (SSSR count). The summed E-state index contributed by atoms with van der Waals surface area (Å²) in [6, 6.07) is 4.24. The zero-order chi connectivity index (χ0) is 16.8. The molecule has 2 aliphatic rings. The van der Waals surface area contributed by atoms with E-state index in [1.54, 1.807) is 19.1 Å². The van der Waals surface area contributed by atoms with Gasteiger partial charge in [-0.25, -0.2) is 16.8 Å². The van der Waals surface area contributed by atoms with Crippen LogP contribution in [0.15, 0.2) is 23.1 Å². The van der Waals surface area contributed by atoms with E-state index in [2.05, 4.69) is 0 Å². The number of hydrogen-bond acceptors (Lipinski definition) is 5. The van der Waals surface area contributed by atoms with Gasteiger partial charge in [-0.1, -0.05) is 0 Å². The van der Waals surface area contributed by atoms with Gasteiger partial charge in [0, 0.05) is 12.1 Å². The summed E-state index contributed by atoms with van der Waals surface area (Å²) in [7, 11) is -5.30. The summed E-state index contributed by atoms with van der Waals surface area (Å²) in [5.74, 6) is 0.626. The first-order valence-corrected chi connectivity index (χ1v) is 10.9. The van der Waals surface area contributed by atoms with Gasteiger partial charge in [0.1, 0.15) is 5.75 Å². The van der Waals surface area contributed by atoms with Crippen LogP contribution in [0.4, 0.5) is 0 Å². The van der Waals surface area contributed by atoms with E-state index in [0.717, 1.165) is 18.4 Å². The molecule has 1 heterocycles. The molecule has 23 heavy (non-hydrogen) atoms. The molecule has 0 radical (unpaired) electrons. The average Bonchev–Trinajstić information content (AvgIpc) is 3.22. The molecule has 0 spiro atoms. The van der Waals surface area contributed by atoms with Crippen LogP contribution in [0.3, 0.4) is 0 Å². The van der Waals surface area contributed by atoms with Crippen molar-refractivity contribution in [2.75, 3.05) is 18.6 Å². The van der Waals surface area contributed by atoms with Crippen molar-refractivity contribution in [3.05, 3.63) is 23.8 Å². The number of sulfone groups is 1. The van der Waals surface area contributed by atoms with Crippen LogP contribution in [0, 0.1) is 6.92 Å². The maximum Gasteiger partial charge on any atom is 0.243 e. The van der Waals surface area contributed by atoms with Crippen LogP contribution in [-0.2, 0) is 19.9 Å². The number of nitrogens with zero attached hydrogens (tertiary/aromatic N) is 1. The summed E-state index contributed by atoms with van der Waals surface area (Å²) in [5.41, 5.74) is 0.739. The van der Waals surface area contributed by atoms with Gasteiger partial charge in [0.2, 0.25) is 10.0 Å². The van der Waals surface area contributed by atoms with E-state index in [0.29, 0.717) is 12.2 Å². The fraction of sp³-hybridized carbons (Fsp3) is 0.600. The van der Waals surface area contributed by atoms with Crippen molar-refractivity contribution in [1.29, 1.82) is 0 Å². The zero-order valence-electron chi connectivity index (χ0n) is 13.2. The van der Waals surface area contributed by atoms with Crippen molar-refractivity contribution < 1.29 is 21.6 Å². The van der Waals surface area contributed by atoms with Crippen molar-refractivity contribution in [1.82, 2.24) is 4.31 Å². The average molecular weight is 359 g/mol. The van der Waals surface area contributed by atoms with Crippen LogP contribution in [0.2, 0.25) is 0 Å². The van der Waals surface area contributed by atoms with Gasteiger partial charge in [-0.3, -0.25) is 0 Å². The topological polar surface area (TPSA) is 80.8 Å². The lowest BCUT2D eigenvalue weighted by Crippen LogP contribution is -2.42. The molecule has 1 aromatic carbocycles. The molecule has 0 N–H and O–H groups in total. The molecule has 1 aliphatic carbocycles. The largest absolute Gasteiger partial charge is 0.496 e. The Morgan fingerprint density at radius 1 is 1.17 bits per heavy atom. The first-order chi connectivity index (χ1) is 10.7. The van der Waals surface area contributed by atoms with Gasteiger partial charge >= 0.3 is 0 Å². The summed E-state index contributed by atoms with van der Waals surface area (Å²) in [6.07, 6.45) is 1.98. The Bertz CT molecular complexity index is 812. The molecule has 8 heteroatoms. The standard InChI is InChI=1S/C15H21NO5S2/c1-11-9-14(5-6-15(11)21-2)23(19,20)16(12-3-4-12)13-7-8-22(17,18)10-13/h5-6,9,12-13H,3-4,7-8,10H2,1-2H3. The highest BCUT2D eigenvalue weighted by molar-refractivity contribution is 7.92. The van der Waals surface area contributed by atoms with E-state index in [9.17, 15) is 16.8 Å². The summed E-state index contributed by atoms with van der Waals surface area (Å²) < 4.78 is 56.2. The highest BCUT2D eigenvalue weighted by Gasteiger charge is 2.46. The minimum Gasteiger partial charge on any atom is -0.496 e. The van der Waals surface area contributed by atoms with Gasteiger partial charge in [-0.05, 0) is 49.9 Å². The maximum atomic E-state index is 13.1. The lowest BCUT2D eigenvalue weighted by molar-refractivity contribution is 0.332. The van der Waals surface area contributed by atoms with Gasteiger partial charge in [0.15, 0.2) is 9.84 Å². The normalized spacial score (nSPS) is 24.0. The van der Waals surface area contributed by atoms with Gasteiger partial charge in [-0.2, -0.15) is 4.31 Å². The Kier molecular flexibility index (Phi) is 4.18. The predicted molar refractivity (Wildman–Crippen MR) is 86.8 cm³/mol. The smallest absolute Gasteiger partial charge is 0.243 e. The molecule has 6 nitrogen and oxygen atoms in total. The molecular formula is C15H21NO5S2. The van der Waals surface area contributed by atoms with E-state index >= 15 is 0 Å². The third-order valence-electron chi connectivity index (χ3n) is 4.42. The molecule has 1 saturated heterocycles. The number of methoxy groups -OCH3 is 1. The highest BCUT2D eigenvalue weighted by Crippen LogP contribution is 2.37. The summed E-state index contributed by atoms with van der Waals surface area (Å²) in [5, 5.41) is 0. The summed E-state index contributed by atoms with van der Waals surface area (Å²) >= 11 is 0. The molecule has 1 saturated carbocycles. The quantitative estimate of drug-likeness (QED) is 0.793. The zero-order valence-corrected chi connectivity index (χ0v) is 14.9. The molecule has 1 atom stereocenters. The number of benzene rings is 1. The molecular weight excluding hydrogens is 338 g/mol.